The fourth-order valence-electron chi connectivity index (χ4n) is 5.50. The van der Waals surface area contributed by atoms with Gasteiger partial charge in [0.25, 0.3) is 5.69 Å². The maximum absolute atomic E-state index is 12.7. The van der Waals surface area contributed by atoms with Crippen LogP contribution in [0.3, 0.4) is 0 Å². The zero-order chi connectivity index (χ0) is 26.2. The third-order valence-electron chi connectivity index (χ3n) is 7.24. The number of primary amides is 1. The molecule has 0 aromatic heterocycles. The highest BCUT2D eigenvalue weighted by Crippen LogP contribution is 2.63. The second-order valence-electron chi connectivity index (χ2n) is 9.30. The van der Waals surface area contributed by atoms with Crippen LogP contribution in [-0.2, 0) is 19.8 Å². The number of allylic oxidation sites excluding steroid dienone is 2. The number of rotatable bonds is 10. The highest BCUT2D eigenvalue weighted by molar-refractivity contribution is 6.01. The summed E-state index contributed by atoms with van der Waals surface area (Å²) in [5, 5.41) is 32.3. The summed E-state index contributed by atoms with van der Waals surface area (Å²) >= 11 is 0. The first-order valence-electron chi connectivity index (χ1n) is 11.2. The monoisotopic (exact) mass is 486 g/mol. The van der Waals surface area contributed by atoms with Crippen LogP contribution in [0.2, 0.25) is 0 Å². The van der Waals surface area contributed by atoms with Gasteiger partial charge in [-0.3, -0.25) is 19.8 Å². The average molecular weight is 487 g/mol. The summed E-state index contributed by atoms with van der Waals surface area (Å²) in [6.45, 7) is 3.81. The van der Waals surface area contributed by atoms with Gasteiger partial charge in [-0.2, -0.15) is 0 Å². The zero-order valence-electron chi connectivity index (χ0n) is 20.1. The molecule has 0 saturated heterocycles. The highest BCUT2D eigenvalue weighted by Gasteiger charge is 2.62. The SMILES string of the molecule is CC1=C(C(=O)O)C(c2cccc([N+](=O)[O-])c2)(C2CC2CCN(C)CC(N)=O)C(C(=O)O)=C(C)N1C. The van der Waals surface area contributed by atoms with Crippen molar-refractivity contribution in [3.05, 3.63) is 62.5 Å². The van der Waals surface area contributed by atoms with Crippen LogP contribution in [0, 0.1) is 22.0 Å². The molecule has 1 aliphatic heterocycles. The topological polar surface area (TPSA) is 167 Å². The van der Waals surface area contributed by atoms with Crippen LogP contribution < -0.4 is 5.73 Å². The van der Waals surface area contributed by atoms with Gasteiger partial charge < -0.3 is 20.8 Å². The second-order valence-corrected chi connectivity index (χ2v) is 9.30. The van der Waals surface area contributed by atoms with Gasteiger partial charge in [-0.1, -0.05) is 12.1 Å². The third kappa shape index (κ3) is 4.51. The number of aliphatic carboxylic acids is 2. The molecule has 35 heavy (non-hydrogen) atoms. The molecule has 11 heteroatoms. The van der Waals surface area contributed by atoms with Gasteiger partial charge in [-0.25, -0.2) is 9.59 Å². The molecule has 1 aromatic carbocycles. The number of carboxylic acid groups (broad SMARTS) is 2. The molecule has 0 spiro atoms. The van der Waals surface area contributed by atoms with Crippen LogP contribution in [0.5, 0.6) is 0 Å². The van der Waals surface area contributed by atoms with E-state index >= 15 is 0 Å². The van der Waals surface area contributed by atoms with E-state index in [-0.39, 0.29) is 34.9 Å². The average Bonchev–Trinajstić information content (AvgIpc) is 3.54. The molecule has 3 rings (SSSR count). The number of carbonyl (C=O) groups is 3. The minimum absolute atomic E-state index is 0.0581. The van der Waals surface area contributed by atoms with Gasteiger partial charge in [0.05, 0.1) is 28.0 Å². The van der Waals surface area contributed by atoms with Gasteiger partial charge >= 0.3 is 11.9 Å². The molecule has 1 aliphatic carbocycles. The van der Waals surface area contributed by atoms with Crippen molar-refractivity contribution in [1.82, 2.24) is 9.80 Å². The smallest absolute Gasteiger partial charge is 0.334 e. The van der Waals surface area contributed by atoms with Crippen molar-refractivity contribution in [1.29, 1.82) is 0 Å². The summed E-state index contributed by atoms with van der Waals surface area (Å²) in [4.78, 5) is 51.0. The number of hydrogen-bond acceptors (Lipinski definition) is 7. The summed E-state index contributed by atoms with van der Waals surface area (Å²) in [5.41, 5.74) is 4.26. The number of nitro groups is 1. The Morgan fingerprint density at radius 3 is 2.26 bits per heavy atom. The predicted octanol–water partition coefficient (Wildman–Crippen LogP) is 1.94. The van der Waals surface area contributed by atoms with Gasteiger partial charge in [-0.05, 0) is 57.7 Å². The molecule has 0 radical (unpaired) electrons. The number of nitrogens with zero attached hydrogens (tertiary/aromatic N) is 3. The standard InChI is InChI=1S/C24H30N4O7/c1-13-20(22(30)31)24(21(23(32)33)14(2)27(13)4,16-6-5-7-17(11-16)28(34)35)18-10-15(18)8-9-26(3)12-19(25)29/h5-7,11,15,18H,8-10,12H2,1-4H3,(H2,25,29)(H,30,31)(H,32,33). The number of amides is 1. The Morgan fingerprint density at radius 1 is 1.20 bits per heavy atom. The molecule has 1 amide bonds. The van der Waals surface area contributed by atoms with E-state index in [1.165, 1.54) is 18.2 Å². The first-order chi connectivity index (χ1) is 16.3. The normalized spacial score (nSPS) is 21.3. The largest absolute Gasteiger partial charge is 0.478 e. The summed E-state index contributed by atoms with van der Waals surface area (Å²) in [6, 6.07) is 5.60. The molecule has 1 aromatic rings. The Bertz CT molecular complexity index is 1120. The summed E-state index contributed by atoms with van der Waals surface area (Å²) in [6.07, 6.45) is 1.11. The minimum Gasteiger partial charge on any atom is -0.478 e. The fourth-order valence-corrected chi connectivity index (χ4v) is 5.50. The van der Waals surface area contributed by atoms with E-state index in [0.717, 1.165) is 0 Å². The molecular formula is C24H30N4O7. The lowest BCUT2D eigenvalue weighted by atomic mass is 9.61. The first-order valence-corrected chi connectivity index (χ1v) is 11.2. The second kappa shape index (κ2) is 9.49. The van der Waals surface area contributed by atoms with Crippen molar-refractivity contribution in [3.8, 4) is 0 Å². The van der Waals surface area contributed by atoms with Gasteiger partial charge in [0.2, 0.25) is 5.91 Å². The van der Waals surface area contributed by atoms with E-state index in [1.807, 2.05) is 0 Å². The van der Waals surface area contributed by atoms with Crippen molar-refractivity contribution >= 4 is 23.5 Å². The Labute approximate surface area is 202 Å². The molecule has 188 valence electrons. The lowest BCUT2D eigenvalue weighted by molar-refractivity contribution is -0.385. The zero-order valence-corrected chi connectivity index (χ0v) is 20.1. The Hall–Kier alpha value is -3.73. The molecule has 2 unspecified atom stereocenters. The van der Waals surface area contributed by atoms with E-state index in [0.29, 0.717) is 30.8 Å². The Balaban J connectivity index is 2.23. The van der Waals surface area contributed by atoms with E-state index in [9.17, 15) is 34.7 Å². The predicted molar refractivity (Wildman–Crippen MR) is 126 cm³/mol. The summed E-state index contributed by atoms with van der Waals surface area (Å²) in [5.74, 6) is -3.49. The minimum atomic E-state index is -1.59. The van der Waals surface area contributed by atoms with Gasteiger partial charge in [0.1, 0.15) is 0 Å². The molecule has 0 bridgehead atoms. The van der Waals surface area contributed by atoms with Crippen LogP contribution >= 0.6 is 0 Å². The molecule has 2 atom stereocenters. The molecule has 4 N–H and O–H groups in total. The number of likely N-dealkylation sites (N-methyl/N-ethyl adjacent to an activating group) is 1. The van der Waals surface area contributed by atoms with Crippen molar-refractivity contribution in [2.24, 2.45) is 17.6 Å². The van der Waals surface area contributed by atoms with Crippen molar-refractivity contribution in [2.45, 2.75) is 32.1 Å². The number of carbonyl (C=O) groups excluding carboxylic acids is 1. The number of hydrogen-bond donors (Lipinski definition) is 3. The molecular weight excluding hydrogens is 456 g/mol. The third-order valence-corrected chi connectivity index (χ3v) is 7.24. The van der Waals surface area contributed by atoms with Crippen LogP contribution in [-0.4, -0.2) is 70.0 Å². The fraction of sp³-hybridized carbons (Fsp3) is 0.458. The Morgan fingerprint density at radius 2 is 1.77 bits per heavy atom. The lowest BCUT2D eigenvalue weighted by Crippen LogP contribution is -2.47. The number of non-ortho nitro benzene ring substituents is 1. The van der Waals surface area contributed by atoms with Gasteiger partial charge in [0.15, 0.2) is 0 Å². The first kappa shape index (κ1) is 25.9. The number of carboxylic acids is 2. The Kier molecular flexibility index (Phi) is 7.02. The van der Waals surface area contributed by atoms with Crippen molar-refractivity contribution in [3.63, 3.8) is 0 Å². The summed E-state index contributed by atoms with van der Waals surface area (Å²) < 4.78 is 0. The van der Waals surface area contributed by atoms with Gasteiger partial charge in [0, 0.05) is 30.6 Å². The number of benzene rings is 1. The van der Waals surface area contributed by atoms with E-state index in [2.05, 4.69) is 0 Å². The molecule has 1 heterocycles. The maximum Gasteiger partial charge on any atom is 0.334 e. The van der Waals surface area contributed by atoms with Crippen LogP contribution in [0.4, 0.5) is 5.69 Å². The number of nitro benzene ring substituents is 1. The molecule has 1 saturated carbocycles. The van der Waals surface area contributed by atoms with Crippen LogP contribution in [0.15, 0.2) is 46.8 Å². The van der Waals surface area contributed by atoms with Crippen molar-refractivity contribution < 1.29 is 29.5 Å². The molecule has 2 aliphatic rings. The highest BCUT2D eigenvalue weighted by atomic mass is 16.6. The maximum atomic E-state index is 12.7. The quantitative estimate of drug-likeness (QED) is 0.331. The van der Waals surface area contributed by atoms with E-state index in [4.69, 9.17) is 5.73 Å². The van der Waals surface area contributed by atoms with Gasteiger partial charge in [-0.15, -0.1) is 0 Å². The molecule has 11 nitrogen and oxygen atoms in total. The van der Waals surface area contributed by atoms with E-state index in [1.54, 1.807) is 43.8 Å². The molecule has 1 fully saturated rings. The summed E-state index contributed by atoms with van der Waals surface area (Å²) in [7, 11) is 3.35. The number of nitrogens with two attached hydrogens (primary N) is 1. The van der Waals surface area contributed by atoms with Crippen LogP contribution in [0.25, 0.3) is 0 Å². The van der Waals surface area contributed by atoms with E-state index < -0.39 is 34.1 Å². The van der Waals surface area contributed by atoms with Crippen molar-refractivity contribution in [2.75, 3.05) is 27.2 Å². The van der Waals surface area contributed by atoms with Crippen LogP contribution in [0.1, 0.15) is 32.3 Å². The lowest BCUT2D eigenvalue weighted by Gasteiger charge is -2.44.